The number of aromatic nitrogens is 2. The van der Waals surface area contributed by atoms with Gasteiger partial charge in [0.2, 0.25) is 0 Å². The Morgan fingerprint density at radius 3 is 2.80 bits per heavy atom. The van der Waals surface area contributed by atoms with E-state index in [1.807, 2.05) is 31.2 Å². The number of hydrogen-bond acceptors (Lipinski definition) is 2. The average Bonchev–Trinajstić information content (AvgIpc) is 2.71. The lowest BCUT2D eigenvalue weighted by molar-refractivity contribution is -0.668. The second-order valence-electron chi connectivity index (χ2n) is 4.61. The Labute approximate surface area is 119 Å². The van der Waals surface area contributed by atoms with Crippen LogP contribution in [0.15, 0.2) is 30.9 Å². The van der Waals surface area contributed by atoms with E-state index >= 15 is 0 Å². The maximum Gasteiger partial charge on any atom is 0.338 e. The number of imidazole rings is 1. The number of hydrogen-bond donors (Lipinski definition) is 0. The third-order valence-corrected chi connectivity index (χ3v) is 3.48. The van der Waals surface area contributed by atoms with Crippen LogP contribution < -0.4 is 4.57 Å². The zero-order valence-electron chi connectivity index (χ0n) is 12.3. The molecular weight excluding hydrogens is 252 g/mol. The van der Waals surface area contributed by atoms with Gasteiger partial charge in [-0.15, -0.1) is 0 Å². The van der Waals surface area contributed by atoms with Gasteiger partial charge in [-0.2, -0.15) is 0 Å². The summed E-state index contributed by atoms with van der Waals surface area (Å²) in [4.78, 5) is 11.9. The number of esters is 1. The van der Waals surface area contributed by atoms with Crippen LogP contribution in [-0.4, -0.2) is 17.1 Å². The van der Waals surface area contributed by atoms with Crippen molar-refractivity contribution in [3.05, 3.63) is 42.2 Å². The number of benzene rings is 1. The molecule has 0 aliphatic carbocycles. The molecule has 0 N–H and O–H groups in total. The van der Waals surface area contributed by atoms with Crippen LogP contribution in [0.5, 0.6) is 0 Å². The van der Waals surface area contributed by atoms with E-state index in [0.717, 1.165) is 29.9 Å². The number of allylic oxidation sites excluding steroid dienone is 1. The van der Waals surface area contributed by atoms with Crippen LogP contribution >= 0.6 is 0 Å². The van der Waals surface area contributed by atoms with Crippen molar-refractivity contribution >= 4 is 17.0 Å². The summed E-state index contributed by atoms with van der Waals surface area (Å²) in [5.74, 6) is 0.884. The molecule has 0 saturated carbocycles. The smallest absolute Gasteiger partial charge is 0.338 e. The highest BCUT2D eigenvalue weighted by molar-refractivity contribution is 5.93. The molecule has 1 heterocycles. The molecule has 2 aromatic rings. The van der Waals surface area contributed by atoms with E-state index in [0.29, 0.717) is 12.2 Å². The molecule has 4 nitrogen and oxygen atoms in total. The van der Waals surface area contributed by atoms with Crippen molar-refractivity contribution in [1.29, 1.82) is 0 Å². The van der Waals surface area contributed by atoms with Gasteiger partial charge in [-0.1, -0.05) is 12.7 Å². The number of aryl methyl sites for hydroxylation is 1. The number of ether oxygens (including phenoxy) is 1. The first-order valence-electron chi connectivity index (χ1n) is 6.94. The van der Waals surface area contributed by atoms with Gasteiger partial charge >= 0.3 is 5.97 Å². The summed E-state index contributed by atoms with van der Waals surface area (Å²) >= 11 is 0. The van der Waals surface area contributed by atoms with E-state index < -0.39 is 0 Å². The Balaban J connectivity index is 2.62. The third-order valence-electron chi connectivity index (χ3n) is 3.48. The molecule has 20 heavy (non-hydrogen) atoms. The van der Waals surface area contributed by atoms with Crippen LogP contribution in [0.4, 0.5) is 0 Å². The summed E-state index contributed by atoms with van der Waals surface area (Å²) in [6.45, 7) is 11.8. The van der Waals surface area contributed by atoms with Gasteiger partial charge in [0.1, 0.15) is 6.54 Å². The molecule has 106 valence electrons. The van der Waals surface area contributed by atoms with Crippen LogP contribution in [0.3, 0.4) is 0 Å². The second-order valence-corrected chi connectivity index (χ2v) is 4.61. The van der Waals surface area contributed by atoms with Crippen LogP contribution in [0.2, 0.25) is 0 Å². The summed E-state index contributed by atoms with van der Waals surface area (Å²) in [6, 6.07) is 5.70. The minimum Gasteiger partial charge on any atom is -0.462 e. The van der Waals surface area contributed by atoms with Crippen molar-refractivity contribution in [1.82, 2.24) is 4.57 Å². The van der Waals surface area contributed by atoms with Crippen LogP contribution in [0, 0.1) is 6.92 Å². The molecule has 0 bridgehead atoms. The molecule has 0 radical (unpaired) electrons. The monoisotopic (exact) mass is 273 g/mol. The van der Waals surface area contributed by atoms with Crippen LogP contribution in [0.25, 0.3) is 11.0 Å². The Kier molecular flexibility index (Phi) is 4.23. The Morgan fingerprint density at radius 2 is 2.20 bits per heavy atom. The minimum atomic E-state index is -0.272. The topological polar surface area (TPSA) is 35.1 Å². The number of fused-ring (bicyclic) bond motifs is 1. The SMILES string of the molecule is C=CC[n+]1c(C)n(CC)c2cc(C(=O)OCC)ccc21. The van der Waals surface area contributed by atoms with Gasteiger partial charge in [-0.05, 0) is 26.0 Å². The first kappa shape index (κ1) is 14.3. The molecule has 0 fully saturated rings. The number of carbonyl (C=O) groups is 1. The lowest BCUT2D eigenvalue weighted by Gasteiger charge is -2.01. The summed E-state index contributed by atoms with van der Waals surface area (Å²) in [6.07, 6.45) is 1.88. The molecule has 0 atom stereocenters. The van der Waals surface area contributed by atoms with E-state index in [1.165, 1.54) is 0 Å². The van der Waals surface area contributed by atoms with Gasteiger partial charge in [0.15, 0.2) is 11.0 Å². The normalized spacial score (nSPS) is 10.8. The van der Waals surface area contributed by atoms with Crippen LogP contribution in [0.1, 0.15) is 30.0 Å². The van der Waals surface area contributed by atoms with Crippen molar-refractivity contribution in [2.75, 3.05) is 6.61 Å². The summed E-state index contributed by atoms with van der Waals surface area (Å²) < 4.78 is 9.45. The molecule has 4 heteroatoms. The molecule has 0 aliphatic rings. The molecule has 0 spiro atoms. The molecule has 0 amide bonds. The fraction of sp³-hybridized carbons (Fsp3) is 0.375. The van der Waals surface area contributed by atoms with Crippen LogP contribution in [-0.2, 0) is 17.8 Å². The summed E-state index contributed by atoms with van der Waals surface area (Å²) in [7, 11) is 0. The maximum atomic E-state index is 11.9. The summed E-state index contributed by atoms with van der Waals surface area (Å²) in [5, 5.41) is 0. The second kappa shape index (κ2) is 5.90. The van der Waals surface area contributed by atoms with Crippen molar-refractivity contribution < 1.29 is 14.1 Å². The summed E-state index contributed by atoms with van der Waals surface area (Å²) in [5.41, 5.74) is 2.76. The highest BCUT2D eigenvalue weighted by Crippen LogP contribution is 2.17. The van der Waals surface area contributed by atoms with E-state index in [2.05, 4.69) is 29.6 Å². The minimum absolute atomic E-state index is 0.272. The quantitative estimate of drug-likeness (QED) is 0.477. The van der Waals surface area contributed by atoms with Crippen molar-refractivity contribution in [3.8, 4) is 0 Å². The van der Waals surface area contributed by atoms with Gasteiger partial charge < -0.3 is 4.74 Å². The number of carbonyl (C=O) groups excluding carboxylic acids is 1. The molecular formula is C16H21N2O2+. The highest BCUT2D eigenvalue weighted by Gasteiger charge is 2.21. The van der Waals surface area contributed by atoms with Crippen molar-refractivity contribution in [3.63, 3.8) is 0 Å². The average molecular weight is 273 g/mol. The molecule has 0 saturated heterocycles. The van der Waals surface area contributed by atoms with Gasteiger partial charge in [0.05, 0.1) is 18.7 Å². The largest absolute Gasteiger partial charge is 0.462 e. The zero-order chi connectivity index (χ0) is 14.7. The van der Waals surface area contributed by atoms with Gasteiger partial charge in [-0.25, -0.2) is 13.9 Å². The van der Waals surface area contributed by atoms with Gasteiger partial charge in [0.25, 0.3) is 5.82 Å². The highest BCUT2D eigenvalue weighted by atomic mass is 16.5. The molecule has 2 rings (SSSR count). The number of nitrogens with zero attached hydrogens (tertiary/aromatic N) is 2. The molecule has 0 unspecified atom stereocenters. The first-order chi connectivity index (χ1) is 9.63. The fourth-order valence-corrected chi connectivity index (χ4v) is 2.56. The number of rotatable bonds is 5. The molecule has 1 aromatic carbocycles. The van der Waals surface area contributed by atoms with Gasteiger partial charge in [0, 0.05) is 13.0 Å². The van der Waals surface area contributed by atoms with E-state index in [4.69, 9.17) is 4.74 Å². The van der Waals surface area contributed by atoms with Gasteiger partial charge in [-0.3, -0.25) is 0 Å². The van der Waals surface area contributed by atoms with E-state index in [1.54, 1.807) is 0 Å². The fourth-order valence-electron chi connectivity index (χ4n) is 2.56. The van der Waals surface area contributed by atoms with E-state index in [-0.39, 0.29) is 5.97 Å². The zero-order valence-corrected chi connectivity index (χ0v) is 12.3. The maximum absolute atomic E-state index is 11.9. The van der Waals surface area contributed by atoms with Crippen molar-refractivity contribution in [2.45, 2.75) is 33.9 Å². The predicted octanol–water partition coefficient (Wildman–Crippen LogP) is 2.62. The van der Waals surface area contributed by atoms with Crippen molar-refractivity contribution in [2.24, 2.45) is 0 Å². The lowest BCUT2D eigenvalue weighted by atomic mass is 10.2. The van der Waals surface area contributed by atoms with E-state index in [9.17, 15) is 4.79 Å². The molecule has 1 aromatic heterocycles. The first-order valence-corrected chi connectivity index (χ1v) is 6.94. The predicted molar refractivity (Wildman–Crippen MR) is 78.7 cm³/mol. The Bertz CT molecular complexity index is 656. The lowest BCUT2D eigenvalue weighted by Crippen LogP contribution is -2.35. The Morgan fingerprint density at radius 1 is 1.45 bits per heavy atom. The third kappa shape index (κ3) is 2.33. The standard InChI is InChI=1S/C16H21N2O2/c1-5-10-18-12(4)17(6-2)15-11-13(8-9-14(15)18)16(19)20-7-3/h5,8-9,11H,1,6-7,10H2,2-4H3/q+1. The Hall–Kier alpha value is -2.10. The molecule has 0 aliphatic heterocycles.